The van der Waals surface area contributed by atoms with Crippen LogP contribution in [0, 0.1) is 0 Å². The molecular formula is C21H23N3O4. The number of fused-ring (bicyclic) bond motifs is 1. The molecule has 0 atom stereocenters. The van der Waals surface area contributed by atoms with Gasteiger partial charge in [-0.1, -0.05) is 6.07 Å². The lowest BCUT2D eigenvalue weighted by molar-refractivity contribution is -0.118. The molecule has 0 fully saturated rings. The third kappa shape index (κ3) is 3.51. The van der Waals surface area contributed by atoms with E-state index >= 15 is 0 Å². The number of nitrogens with one attached hydrogen (secondary N) is 1. The van der Waals surface area contributed by atoms with Crippen molar-refractivity contribution in [2.45, 2.75) is 6.92 Å². The van der Waals surface area contributed by atoms with E-state index in [-0.39, 0.29) is 5.91 Å². The molecule has 0 radical (unpaired) electrons. The van der Waals surface area contributed by atoms with Crippen LogP contribution in [0.15, 0.2) is 47.7 Å². The number of nitrogens with zero attached hydrogens (tertiary/aromatic N) is 2. The van der Waals surface area contributed by atoms with Crippen LogP contribution in [-0.2, 0) is 11.8 Å². The first kappa shape index (κ1) is 19.3. The Morgan fingerprint density at radius 1 is 1.00 bits per heavy atom. The van der Waals surface area contributed by atoms with E-state index in [9.17, 15) is 4.79 Å². The van der Waals surface area contributed by atoms with E-state index in [0.29, 0.717) is 28.5 Å². The van der Waals surface area contributed by atoms with Gasteiger partial charge < -0.3 is 18.8 Å². The number of methoxy groups -OCH3 is 3. The van der Waals surface area contributed by atoms with E-state index in [1.165, 1.54) is 6.92 Å². The van der Waals surface area contributed by atoms with Gasteiger partial charge in [0.1, 0.15) is 5.71 Å². The molecule has 0 unspecified atom stereocenters. The van der Waals surface area contributed by atoms with Gasteiger partial charge in [0, 0.05) is 42.2 Å². The maximum atomic E-state index is 11.5. The molecule has 146 valence electrons. The Morgan fingerprint density at radius 2 is 1.75 bits per heavy atom. The zero-order chi connectivity index (χ0) is 20.3. The SMILES string of the molecule is COc1ccc(/C(=N\NC(C)=O)c2ccc3c(ccn3C)c2)c(OC)c1OC. The van der Waals surface area contributed by atoms with Gasteiger partial charge in [-0.15, -0.1) is 0 Å². The Morgan fingerprint density at radius 3 is 2.39 bits per heavy atom. The fraction of sp³-hybridized carbons (Fsp3) is 0.238. The highest BCUT2D eigenvalue weighted by Crippen LogP contribution is 2.40. The van der Waals surface area contributed by atoms with Crippen molar-refractivity contribution in [3.63, 3.8) is 0 Å². The van der Waals surface area contributed by atoms with Crippen LogP contribution in [0.25, 0.3) is 10.9 Å². The molecule has 1 aromatic heterocycles. The number of hydrogen-bond acceptors (Lipinski definition) is 5. The molecule has 0 aliphatic rings. The molecule has 7 nitrogen and oxygen atoms in total. The third-order valence-corrected chi connectivity index (χ3v) is 4.44. The Labute approximate surface area is 163 Å². The van der Waals surface area contributed by atoms with Crippen molar-refractivity contribution in [3.8, 4) is 17.2 Å². The number of aromatic nitrogens is 1. The number of benzene rings is 2. The van der Waals surface area contributed by atoms with Gasteiger partial charge in [0.05, 0.1) is 21.3 Å². The molecule has 1 N–H and O–H groups in total. The summed E-state index contributed by atoms with van der Waals surface area (Å²) in [5.74, 6) is 1.20. The van der Waals surface area contributed by atoms with Gasteiger partial charge in [-0.2, -0.15) is 5.10 Å². The summed E-state index contributed by atoms with van der Waals surface area (Å²) in [5, 5.41) is 5.42. The van der Waals surface area contributed by atoms with Gasteiger partial charge in [0.2, 0.25) is 11.7 Å². The summed E-state index contributed by atoms with van der Waals surface area (Å²) >= 11 is 0. The topological polar surface area (TPSA) is 74.1 Å². The first-order chi connectivity index (χ1) is 13.5. The summed E-state index contributed by atoms with van der Waals surface area (Å²) in [6, 6.07) is 11.6. The summed E-state index contributed by atoms with van der Waals surface area (Å²) in [7, 11) is 6.65. The van der Waals surface area contributed by atoms with Crippen molar-refractivity contribution >= 4 is 22.5 Å². The first-order valence-corrected chi connectivity index (χ1v) is 8.69. The molecule has 3 aromatic rings. The zero-order valence-corrected chi connectivity index (χ0v) is 16.6. The lowest BCUT2D eigenvalue weighted by Gasteiger charge is -2.17. The second-order valence-corrected chi connectivity index (χ2v) is 6.21. The highest BCUT2D eigenvalue weighted by Gasteiger charge is 2.21. The lowest BCUT2D eigenvalue weighted by atomic mass is 9.99. The summed E-state index contributed by atoms with van der Waals surface area (Å²) in [5.41, 5.74) is 5.68. The predicted octanol–water partition coefficient (Wildman–Crippen LogP) is 3.09. The van der Waals surface area contributed by atoms with E-state index in [0.717, 1.165) is 16.5 Å². The first-order valence-electron chi connectivity index (χ1n) is 8.69. The average Bonchev–Trinajstić information content (AvgIpc) is 3.07. The van der Waals surface area contributed by atoms with Gasteiger partial charge in [-0.25, -0.2) is 5.43 Å². The monoisotopic (exact) mass is 381 g/mol. The van der Waals surface area contributed by atoms with E-state index in [1.54, 1.807) is 27.4 Å². The molecule has 0 spiro atoms. The van der Waals surface area contributed by atoms with Crippen molar-refractivity contribution in [1.82, 2.24) is 9.99 Å². The number of rotatable bonds is 6. The molecule has 3 rings (SSSR count). The highest BCUT2D eigenvalue weighted by molar-refractivity contribution is 6.16. The minimum atomic E-state index is -0.266. The Bertz CT molecular complexity index is 1050. The molecule has 0 saturated heterocycles. The number of aryl methyl sites for hydroxylation is 1. The van der Waals surface area contributed by atoms with E-state index < -0.39 is 0 Å². The smallest absolute Gasteiger partial charge is 0.236 e. The van der Waals surface area contributed by atoms with Crippen LogP contribution in [0.5, 0.6) is 17.2 Å². The lowest BCUT2D eigenvalue weighted by Crippen LogP contribution is -2.18. The largest absolute Gasteiger partial charge is 0.493 e. The van der Waals surface area contributed by atoms with Crippen LogP contribution >= 0.6 is 0 Å². The standard InChI is InChI=1S/C21H23N3O4/c1-13(25)22-23-19(15-6-8-17-14(12-15)10-11-24(17)2)16-7-9-18(26-3)21(28-5)20(16)27-4/h6-12H,1-5H3,(H,22,25)/b23-19-. The normalized spacial score (nSPS) is 11.4. The molecule has 0 saturated carbocycles. The van der Waals surface area contributed by atoms with Gasteiger partial charge in [-0.3, -0.25) is 4.79 Å². The third-order valence-electron chi connectivity index (χ3n) is 4.44. The molecule has 1 amide bonds. The van der Waals surface area contributed by atoms with Crippen molar-refractivity contribution in [2.24, 2.45) is 12.1 Å². The number of hydrazone groups is 1. The van der Waals surface area contributed by atoms with Crippen LogP contribution in [-0.4, -0.2) is 37.5 Å². The van der Waals surface area contributed by atoms with Crippen molar-refractivity contribution in [1.29, 1.82) is 0 Å². The molecule has 0 aliphatic carbocycles. The Balaban J connectivity index is 2.23. The van der Waals surface area contributed by atoms with Gasteiger partial charge >= 0.3 is 0 Å². The average molecular weight is 381 g/mol. The minimum absolute atomic E-state index is 0.266. The summed E-state index contributed by atoms with van der Waals surface area (Å²) in [4.78, 5) is 11.5. The van der Waals surface area contributed by atoms with Gasteiger partial charge in [-0.05, 0) is 30.3 Å². The molecule has 1 heterocycles. The molecular weight excluding hydrogens is 358 g/mol. The van der Waals surface area contributed by atoms with Crippen molar-refractivity contribution < 1.29 is 19.0 Å². The molecule has 0 bridgehead atoms. The Kier molecular flexibility index (Phi) is 5.54. The summed E-state index contributed by atoms with van der Waals surface area (Å²) < 4.78 is 18.5. The second-order valence-electron chi connectivity index (χ2n) is 6.21. The number of carbonyl (C=O) groups excluding carboxylic acids is 1. The molecule has 0 aliphatic heterocycles. The van der Waals surface area contributed by atoms with E-state index in [4.69, 9.17) is 14.2 Å². The van der Waals surface area contributed by atoms with Crippen LogP contribution in [0.1, 0.15) is 18.1 Å². The Hall–Kier alpha value is -3.48. The number of amides is 1. The van der Waals surface area contributed by atoms with Crippen LogP contribution < -0.4 is 19.6 Å². The van der Waals surface area contributed by atoms with Crippen molar-refractivity contribution in [3.05, 3.63) is 53.7 Å². The summed E-state index contributed by atoms with van der Waals surface area (Å²) in [6.07, 6.45) is 2.00. The fourth-order valence-electron chi connectivity index (χ4n) is 3.13. The molecule has 28 heavy (non-hydrogen) atoms. The molecule has 7 heteroatoms. The van der Waals surface area contributed by atoms with Gasteiger partial charge in [0.15, 0.2) is 11.5 Å². The zero-order valence-electron chi connectivity index (χ0n) is 16.6. The number of ether oxygens (including phenoxy) is 3. The maximum absolute atomic E-state index is 11.5. The van der Waals surface area contributed by atoms with Gasteiger partial charge in [0.25, 0.3) is 0 Å². The fourth-order valence-corrected chi connectivity index (χ4v) is 3.13. The van der Waals surface area contributed by atoms with Crippen LogP contribution in [0.4, 0.5) is 0 Å². The predicted molar refractivity (Wildman–Crippen MR) is 108 cm³/mol. The molecule has 2 aromatic carbocycles. The summed E-state index contributed by atoms with van der Waals surface area (Å²) in [6.45, 7) is 1.41. The van der Waals surface area contributed by atoms with Crippen LogP contribution in [0.2, 0.25) is 0 Å². The van der Waals surface area contributed by atoms with E-state index in [2.05, 4.69) is 10.5 Å². The highest BCUT2D eigenvalue weighted by atomic mass is 16.5. The minimum Gasteiger partial charge on any atom is -0.493 e. The van der Waals surface area contributed by atoms with Crippen LogP contribution in [0.3, 0.4) is 0 Å². The van der Waals surface area contributed by atoms with E-state index in [1.807, 2.05) is 48.1 Å². The number of carbonyl (C=O) groups is 1. The number of hydrogen-bond donors (Lipinski definition) is 1. The maximum Gasteiger partial charge on any atom is 0.236 e. The quantitative estimate of drug-likeness (QED) is 0.526. The van der Waals surface area contributed by atoms with Crippen molar-refractivity contribution in [2.75, 3.05) is 21.3 Å². The second kappa shape index (κ2) is 8.04.